The summed E-state index contributed by atoms with van der Waals surface area (Å²) < 4.78 is 0. The second kappa shape index (κ2) is 5.43. The van der Waals surface area contributed by atoms with Crippen LogP contribution in [0, 0.1) is 5.92 Å². The first kappa shape index (κ1) is 13.6. The lowest BCUT2D eigenvalue weighted by molar-refractivity contribution is 0.0682. The van der Waals surface area contributed by atoms with Gasteiger partial charge in [-0.05, 0) is 31.9 Å². The molecule has 0 unspecified atom stereocenters. The zero-order valence-corrected chi connectivity index (χ0v) is 12.0. The molecule has 0 atom stereocenters. The zero-order valence-electron chi connectivity index (χ0n) is 12.0. The normalized spacial score (nSPS) is 11.5. The molecule has 0 saturated carbocycles. The Morgan fingerprint density at radius 3 is 2.68 bits per heavy atom. The molecule has 0 radical (unpaired) electrons. The Kier molecular flexibility index (Phi) is 3.88. The number of carbonyl (C=O) groups excluding carboxylic acids is 1. The average Bonchev–Trinajstić information content (AvgIpc) is 2.81. The number of benzene rings is 1. The van der Waals surface area contributed by atoms with E-state index in [-0.39, 0.29) is 11.9 Å². The van der Waals surface area contributed by atoms with Crippen molar-refractivity contribution in [3.05, 3.63) is 30.0 Å². The Bertz CT molecular complexity index is 572. The van der Waals surface area contributed by atoms with E-state index in [0.717, 1.165) is 17.4 Å². The highest BCUT2D eigenvalue weighted by Gasteiger charge is 2.20. The van der Waals surface area contributed by atoms with Crippen LogP contribution in [0.1, 0.15) is 38.1 Å². The maximum absolute atomic E-state index is 12.6. The summed E-state index contributed by atoms with van der Waals surface area (Å²) in [7, 11) is 0. The van der Waals surface area contributed by atoms with Crippen LogP contribution in [-0.2, 0) is 0 Å². The standard InChI is InChI=1S/C15H21N3O/c1-10(2)9-18(11(3)4)15(19)12-5-6-13-8-16-17-14(13)7-12/h5-8,10-11H,9H2,1-4H3,(H,16,17). The van der Waals surface area contributed by atoms with E-state index in [1.165, 1.54) is 0 Å². The summed E-state index contributed by atoms with van der Waals surface area (Å²) in [4.78, 5) is 14.5. The Morgan fingerprint density at radius 2 is 2.05 bits per heavy atom. The molecule has 0 fully saturated rings. The fourth-order valence-corrected chi connectivity index (χ4v) is 2.16. The number of H-pyrrole nitrogens is 1. The molecule has 1 heterocycles. The molecule has 102 valence electrons. The first-order valence-electron chi connectivity index (χ1n) is 6.73. The molecular weight excluding hydrogens is 238 g/mol. The van der Waals surface area contributed by atoms with Crippen LogP contribution in [0.2, 0.25) is 0 Å². The third-order valence-corrected chi connectivity index (χ3v) is 3.13. The lowest BCUT2D eigenvalue weighted by Crippen LogP contribution is -2.39. The summed E-state index contributed by atoms with van der Waals surface area (Å²) in [6.45, 7) is 9.13. The lowest BCUT2D eigenvalue weighted by atomic mass is 10.1. The number of rotatable bonds is 4. The lowest BCUT2D eigenvalue weighted by Gasteiger charge is -2.28. The molecule has 0 spiro atoms. The monoisotopic (exact) mass is 259 g/mol. The van der Waals surface area contributed by atoms with Crippen LogP contribution in [0.5, 0.6) is 0 Å². The number of aromatic amines is 1. The van der Waals surface area contributed by atoms with Gasteiger partial charge in [-0.1, -0.05) is 19.9 Å². The van der Waals surface area contributed by atoms with E-state index in [4.69, 9.17) is 0 Å². The van der Waals surface area contributed by atoms with Gasteiger partial charge in [0.1, 0.15) is 0 Å². The van der Waals surface area contributed by atoms with Crippen molar-refractivity contribution < 1.29 is 4.79 Å². The van der Waals surface area contributed by atoms with Crippen molar-refractivity contribution in [3.63, 3.8) is 0 Å². The molecule has 2 aromatic rings. The van der Waals surface area contributed by atoms with Crippen LogP contribution in [-0.4, -0.2) is 33.6 Å². The van der Waals surface area contributed by atoms with Gasteiger partial charge >= 0.3 is 0 Å². The smallest absolute Gasteiger partial charge is 0.254 e. The van der Waals surface area contributed by atoms with Crippen LogP contribution in [0.15, 0.2) is 24.4 Å². The van der Waals surface area contributed by atoms with Crippen LogP contribution >= 0.6 is 0 Å². The number of aromatic nitrogens is 2. The Morgan fingerprint density at radius 1 is 1.32 bits per heavy atom. The SMILES string of the molecule is CC(C)CN(C(=O)c1ccc2cn[nH]c2c1)C(C)C. The zero-order chi connectivity index (χ0) is 14.0. The van der Waals surface area contributed by atoms with Gasteiger partial charge in [0.05, 0.1) is 11.7 Å². The maximum atomic E-state index is 12.6. The van der Waals surface area contributed by atoms with E-state index >= 15 is 0 Å². The van der Waals surface area contributed by atoms with E-state index in [2.05, 4.69) is 37.9 Å². The summed E-state index contributed by atoms with van der Waals surface area (Å²) in [5.74, 6) is 0.544. The van der Waals surface area contributed by atoms with E-state index in [0.29, 0.717) is 11.5 Å². The number of hydrogen-bond acceptors (Lipinski definition) is 2. The van der Waals surface area contributed by atoms with Gasteiger partial charge in [0.25, 0.3) is 5.91 Å². The molecule has 0 saturated heterocycles. The van der Waals surface area contributed by atoms with E-state index in [9.17, 15) is 4.79 Å². The van der Waals surface area contributed by atoms with Crippen molar-refractivity contribution in [1.29, 1.82) is 0 Å². The molecule has 4 nitrogen and oxygen atoms in total. The molecule has 1 N–H and O–H groups in total. The van der Waals surface area contributed by atoms with E-state index in [1.807, 2.05) is 23.1 Å². The molecular formula is C15H21N3O. The molecule has 1 aromatic carbocycles. The van der Waals surface area contributed by atoms with Gasteiger partial charge in [-0.3, -0.25) is 9.89 Å². The minimum absolute atomic E-state index is 0.0835. The van der Waals surface area contributed by atoms with Gasteiger partial charge in [-0.25, -0.2) is 0 Å². The summed E-state index contributed by atoms with van der Waals surface area (Å²) in [5.41, 5.74) is 1.62. The minimum Gasteiger partial charge on any atom is -0.336 e. The molecule has 0 aliphatic rings. The third-order valence-electron chi connectivity index (χ3n) is 3.13. The summed E-state index contributed by atoms with van der Waals surface area (Å²) in [5, 5.41) is 7.91. The molecule has 2 rings (SSSR count). The van der Waals surface area contributed by atoms with Crippen molar-refractivity contribution in [1.82, 2.24) is 15.1 Å². The van der Waals surface area contributed by atoms with Crippen LogP contribution in [0.3, 0.4) is 0 Å². The molecule has 1 aromatic heterocycles. The van der Waals surface area contributed by atoms with Crippen molar-refractivity contribution in [2.45, 2.75) is 33.7 Å². The summed E-state index contributed by atoms with van der Waals surface area (Å²) >= 11 is 0. The largest absolute Gasteiger partial charge is 0.336 e. The Labute approximate surface area is 113 Å². The van der Waals surface area contributed by atoms with Crippen LogP contribution < -0.4 is 0 Å². The van der Waals surface area contributed by atoms with Crippen LogP contribution in [0.4, 0.5) is 0 Å². The van der Waals surface area contributed by atoms with Gasteiger partial charge in [-0.15, -0.1) is 0 Å². The highest BCUT2D eigenvalue weighted by Crippen LogP contribution is 2.16. The fraction of sp³-hybridized carbons (Fsp3) is 0.467. The molecule has 0 bridgehead atoms. The van der Waals surface area contributed by atoms with Gasteiger partial charge in [-0.2, -0.15) is 5.10 Å². The van der Waals surface area contributed by atoms with E-state index < -0.39 is 0 Å². The van der Waals surface area contributed by atoms with Gasteiger partial charge in [0.2, 0.25) is 0 Å². The number of fused-ring (bicyclic) bond motifs is 1. The maximum Gasteiger partial charge on any atom is 0.254 e. The molecule has 4 heteroatoms. The fourth-order valence-electron chi connectivity index (χ4n) is 2.16. The van der Waals surface area contributed by atoms with Crippen molar-refractivity contribution >= 4 is 16.8 Å². The van der Waals surface area contributed by atoms with Crippen molar-refractivity contribution in [2.75, 3.05) is 6.54 Å². The third kappa shape index (κ3) is 2.95. The highest BCUT2D eigenvalue weighted by molar-refractivity contribution is 5.97. The van der Waals surface area contributed by atoms with E-state index in [1.54, 1.807) is 6.20 Å². The molecule has 1 amide bonds. The molecule has 19 heavy (non-hydrogen) atoms. The summed E-state index contributed by atoms with van der Waals surface area (Å²) in [6, 6.07) is 5.88. The predicted octanol–water partition coefficient (Wildman–Crippen LogP) is 3.07. The number of nitrogens with zero attached hydrogens (tertiary/aromatic N) is 2. The number of carbonyl (C=O) groups is 1. The van der Waals surface area contributed by atoms with Crippen molar-refractivity contribution in [3.8, 4) is 0 Å². The highest BCUT2D eigenvalue weighted by atomic mass is 16.2. The van der Waals surface area contributed by atoms with Gasteiger partial charge in [0, 0.05) is 23.5 Å². The molecule has 0 aliphatic heterocycles. The number of amides is 1. The second-order valence-electron chi connectivity index (χ2n) is 5.62. The topological polar surface area (TPSA) is 49.0 Å². The Balaban J connectivity index is 2.29. The second-order valence-corrected chi connectivity index (χ2v) is 5.62. The molecule has 0 aliphatic carbocycles. The predicted molar refractivity (Wildman–Crippen MR) is 77.1 cm³/mol. The number of hydrogen-bond donors (Lipinski definition) is 1. The van der Waals surface area contributed by atoms with Gasteiger partial charge in [0.15, 0.2) is 0 Å². The minimum atomic E-state index is 0.0835. The van der Waals surface area contributed by atoms with Gasteiger partial charge < -0.3 is 4.90 Å². The number of nitrogens with one attached hydrogen (secondary N) is 1. The van der Waals surface area contributed by atoms with Crippen molar-refractivity contribution in [2.24, 2.45) is 5.92 Å². The Hall–Kier alpha value is -1.84. The quantitative estimate of drug-likeness (QED) is 0.917. The first-order valence-corrected chi connectivity index (χ1v) is 6.73. The van der Waals surface area contributed by atoms with Crippen LogP contribution in [0.25, 0.3) is 10.9 Å². The summed E-state index contributed by atoms with van der Waals surface area (Å²) in [6.07, 6.45) is 1.76. The first-order chi connectivity index (χ1) is 8.99. The average molecular weight is 259 g/mol.